The molecule has 0 fully saturated rings. The number of para-hydroxylation sites is 2. The summed E-state index contributed by atoms with van der Waals surface area (Å²) in [5.74, 6) is 1.46. The summed E-state index contributed by atoms with van der Waals surface area (Å²) in [5.41, 5.74) is 1.29. The van der Waals surface area contributed by atoms with Gasteiger partial charge >= 0.3 is 6.03 Å². The second-order valence-electron chi connectivity index (χ2n) is 5.80. The van der Waals surface area contributed by atoms with Crippen molar-refractivity contribution < 1.29 is 14.1 Å². The number of ether oxygens (including phenoxy) is 1. The molecule has 0 unspecified atom stereocenters. The number of likely N-dealkylation sites (N-methyl/N-ethyl adjacent to an activating group) is 1. The molecule has 3 rings (SSSR count). The average molecular weight is 387 g/mol. The van der Waals surface area contributed by atoms with E-state index >= 15 is 0 Å². The lowest BCUT2D eigenvalue weighted by Gasteiger charge is -2.18. The predicted octanol–water partition coefficient (Wildman–Crippen LogP) is 4.11. The molecule has 0 spiro atoms. The Morgan fingerprint density at radius 1 is 1.22 bits per heavy atom. The average Bonchev–Trinajstić information content (AvgIpc) is 3.15. The van der Waals surface area contributed by atoms with Crippen molar-refractivity contribution in [3.8, 4) is 17.2 Å². The van der Waals surface area contributed by atoms with E-state index in [0.29, 0.717) is 46.7 Å². The molecule has 0 aliphatic heterocycles. The normalized spacial score (nSPS) is 10.5. The van der Waals surface area contributed by atoms with E-state index < -0.39 is 0 Å². The first-order chi connectivity index (χ1) is 13.1. The summed E-state index contributed by atoms with van der Waals surface area (Å²) in [4.78, 5) is 18.2. The maximum Gasteiger partial charge on any atom is 0.321 e. The van der Waals surface area contributed by atoms with Crippen LogP contribution in [0, 0.1) is 0 Å². The zero-order valence-electron chi connectivity index (χ0n) is 15.0. The topological polar surface area (TPSA) is 80.5 Å². The van der Waals surface area contributed by atoms with Crippen molar-refractivity contribution in [2.75, 3.05) is 26.0 Å². The molecule has 0 atom stereocenters. The van der Waals surface area contributed by atoms with Gasteiger partial charge in [0.05, 0.1) is 23.4 Å². The largest absolute Gasteiger partial charge is 0.495 e. The van der Waals surface area contributed by atoms with E-state index in [2.05, 4.69) is 15.5 Å². The van der Waals surface area contributed by atoms with Gasteiger partial charge in [0.15, 0.2) is 5.82 Å². The van der Waals surface area contributed by atoms with Crippen LogP contribution in [0.1, 0.15) is 5.82 Å². The van der Waals surface area contributed by atoms with E-state index in [4.69, 9.17) is 20.9 Å². The quantitative estimate of drug-likeness (QED) is 0.689. The van der Waals surface area contributed by atoms with Crippen LogP contribution in [-0.4, -0.2) is 41.8 Å². The molecule has 3 aromatic rings. The molecule has 0 aliphatic carbocycles. The van der Waals surface area contributed by atoms with Crippen LogP contribution >= 0.6 is 11.6 Å². The standard InChI is InChI=1S/C19H19ClN4O3/c1-24(19(25)21-15-9-5-6-10-16(15)26-2)12-11-17-22-18(27-23-17)13-7-3-4-8-14(13)20/h3-10H,11-12H2,1-2H3,(H,21,25). The van der Waals surface area contributed by atoms with Crippen LogP contribution < -0.4 is 10.1 Å². The fourth-order valence-electron chi connectivity index (χ4n) is 2.43. The summed E-state index contributed by atoms with van der Waals surface area (Å²) in [5, 5.41) is 7.31. The van der Waals surface area contributed by atoms with E-state index in [-0.39, 0.29) is 6.03 Å². The number of benzene rings is 2. The Bertz CT molecular complexity index is 929. The van der Waals surface area contributed by atoms with Crippen molar-refractivity contribution in [3.63, 3.8) is 0 Å². The van der Waals surface area contributed by atoms with E-state index in [9.17, 15) is 4.79 Å². The van der Waals surface area contributed by atoms with Gasteiger partial charge in [-0.1, -0.05) is 41.0 Å². The molecule has 1 aromatic heterocycles. The number of hydrogen-bond donors (Lipinski definition) is 1. The molecule has 27 heavy (non-hydrogen) atoms. The number of urea groups is 1. The maximum atomic E-state index is 12.4. The van der Waals surface area contributed by atoms with Gasteiger partial charge in [-0.3, -0.25) is 0 Å². The minimum absolute atomic E-state index is 0.255. The number of rotatable bonds is 6. The highest BCUT2D eigenvalue weighted by Crippen LogP contribution is 2.26. The van der Waals surface area contributed by atoms with Crippen molar-refractivity contribution >= 4 is 23.3 Å². The number of aromatic nitrogens is 2. The summed E-state index contributed by atoms with van der Waals surface area (Å²) in [6.45, 7) is 0.419. The third-order valence-electron chi connectivity index (χ3n) is 3.94. The predicted molar refractivity (Wildman–Crippen MR) is 103 cm³/mol. The number of methoxy groups -OCH3 is 1. The number of nitrogens with one attached hydrogen (secondary N) is 1. The lowest BCUT2D eigenvalue weighted by molar-refractivity contribution is 0.222. The van der Waals surface area contributed by atoms with Crippen molar-refractivity contribution in [1.82, 2.24) is 15.0 Å². The Kier molecular flexibility index (Phi) is 5.93. The molecule has 8 heteroatoms. The zero-order chi connectivity index (χ0) is 19.2. The van der Waals surface area contributed by atoms with Crippen LogP contribution in [0.5, 0.6) is 5.75 Å². The molecule has 2 aromatic carbocycles. The first kappa shape index (κ1) is 18.7. The highest BCUT2D eigenvalue weighted by atomic mass is 35.5. The number of anilines is 1. The highest BCUT2D eigenvalue weighted by molar-refractivity contribution is 6.33. The van der Waals surface area contributed by atoms with Gasteiger partial charge in [-0.05, 0) is 24.3 Å². The summed E-state index contributed by atoms with van der Waals surface area (Å²) < 4.78 is 10.5. The lowest BCUT2D eigenvalue weighted by atomic mass is 10.2. The Morgan fingerprint density at radius 3 is 2.74 bits per heavy atom. The molecule has 2 amide bonds. The number of nitrogens with zero attached hydrogens (tertiary/aromatic N) is 3. The smallest absolute Gasteiger partial charge is 0.321 e. The molecule has 1 N–H and O–H groups in total. The van der Waals surface area contributed by atoms with Crippen LogP contribution in [0.2, 0.25) is 5.02 Å². The number of halogens is 1. The van der Waals surface area contributed by atoms with E-state index in [1.54, 1.807) is 32.4 Å². The Hall–Kier alpha value is -3.06. The van der Waals surface area contributed by atoms with E-state index in [1.807, 2.05) is 30.3 Å². The summed E-state index contributed by atoms with van der Waals surface area (Å²) in [6, 6.07) is 14.2. The number of carbonyl (C=O) groups excluding carboxylic acids is 1. The minimum Gasteiger partial charge on any atom is -0.495 e. The first-order valence-corrected chi connectivity index (χ1v) is 8.69. The van der Waals surface area contributed by atoms with Gasteiger partial charge in [0, 0.05) is 20.0 Å². The van der Waals surface area contributed by atoms with Crippen molar-refractivity contribution in [3.05, 3.63) is 59.4 Å². The van der Waals surface area contributed by atoms with E-state index in [1.165, 1.54) is 4.90 Å². The molecular formula is C19H19ClN4O3. The fraction of sp³-hybridized carbons (Fsp3) is 0.211. The van der Waals surface area contributed by atoms with Crippen LogP contribution in [0.15, 0.2) is 53.1 Å². The SMILES string of the molecule is COc1ccccc1NC(=O)N(C)CCc1noc(-c2ccccc2Cl)n1. The summed E-state index contributed by atoms with van der Waals surface area (Å²) in [7, 11) is 3.25. The van der Waals surface area contributed by atoms with E-state index in [0.717, 1.165) is 0 Å². The maximum absolute atomic E-state index is 12.4. The summed E-state index contributed by atoms with van der Waals surface area (Å²) >= 11 is 6.14. The highest BCUT2D eigenvalue weighted by Gasteiger charge is 2.15. The Labute approximate surface area is 161 Å². The van der Waals surface area contributed by atoms with Gasteiger partial charge in [0.2, 0.25) is 0 Å². The molecule has 0 saturated heterocycles. The zero-order valence-corrected chi connectivity index (χ0v) is 15.7. The Morgan fingerprint density at radius 2 is 1.96 bits per heavy atom. The van der Waals surface area contributed by atoms with Crippen molar-refractivity contribution in [2.45, 2.75) is 6.42 Å². The second-order valence-corrected chi connectivity index (χ2v) is 6.20. The van der Waals surface area contributed by atoms with Crippen LogP contribution in [0.25, 0.3) is 11.5 Å². The molecule has 0 radical (unpaired) electrons. The monoisotopic (exact) mass is 386 g/mol. The van der Waals surface area contributed by atoms with Gasteiger partial charge in [-0.2, -0.15) is 4.98 Å². The summed E-state index contributed by atoms with van der Waals surface area (Å²) in [6.07, 6.45) is 0.448. The third kappa shape index (κ3) is 4.57. The van der Waals surface area contributed by atoms with Crippen LogP contribution in [0.4, 0.5) is 10.5 Å². The van der Waals surface area contributed by atoms with Gasteiger partial charge in [-0.25, -0.2) is 4.79 Å². The van der Waals surface area contributed by atoms with Gasteiger partial charge in [0.1, 0.15) is 5.75 Å². The molecule has 0 bridgehead atoms. The van der Waals surface area contributed by atoms with Gasteiger partial charge < -0.3 is 19.5 Å². The number of carbonyl (C=O) groups is 1. The number of amides is 2. The fourth-order valence-corrected chi connectivity index (χ4v) is 2.64. The van der Waals surface area contributed by atoms with Crippen LogP contribution in [0.3, 0.4) is 0 Å². The van der Waals surface area contributed by atoms with Crippen molar-refractivity contribution in [1.29, 1.82) is 0 Å². The molecular weight excluding hydrogens is 368 g/mol. The molecule has 7 nitrogen and oxygen atoms in total. The van der Waals surface area contributed by atoms with Gasteiger partial charge in [-0.15, -0.1) is 0 Å². The number of hydrogen-bond acceptors (Lipinski definition) is 5. The third-order valence-corrected chi connectivity index (χ3v) is 4.27. The Balaban J connectivity index is 1.58. The lowest BCUT2D eigenvalue weighted by Crippen LogP contribution is -2.33. The molecule has 1 heterocycles. The molecule has 0 saturated carbocycles. The van der Waals surface area contributed by atoms with Crippen molar-refractivity contribution in [2.24, 2.45) is 0 Å². The second kappa shape index (κ2) is 8.55. The minimum atomic E-state index is -0.255. The van der Waals surface area contributed by atoms with Gasteiger partial charge in [0.25, 0.3) is 5.89 Å². The van der Waals surface area contributed by atoms with Crippen LogP contribution in [-0.2, 0) is 6.42 Å². The first-order valence-electron chi connectivity index (χ1n) is 8.31. The molecule has 140 valence electrons. The molecule has 0 aliphatic rings.